The Balaban J connectivity index is 2.26. The van der Waals surface area contributed by atoms with E-state index in [0.717, 1.165) is 0 Å². The van der Waals surface area contributed by atoms with Crippen LogP contribution in [-0.2, 0) is 10.3 Å². The maximum Gasteiger partial charge on any atom is 0.322 e. The third-order valence-corrected chi connectivity index (χ3v) is 3.25. The van der Waals surface area contributed by atoms with Crippen LogP contribution in [0.4, 0.5) is 4.79 Å². The molecule has 0 aliphatic carbocycles. The molecule has 2 aliphatic heterocycles. The molecule has 0 radical (unpaired) electrons. The minimum absolute atomic E-state index is 0.315. The monoisotopic (exact) mass is 309 g/mol. The first kappa shape index (κ1) is 11.2. The first-order chi connectivity index (χ1) is 8.51. The van der Waals surface area contributed by atoms with Crippen molar-refractivity contribution >= 4 is 27.9 Å². The Kier molecular flexibility index (Phi) is 2.21. The molecule has 1 spiro atoms. The summed E-state index contributed by atoms with van der Waals surface area (Å²) in [4.78, 5) is 27.5. The van der Waals surface area contributed by atoms with Gasteiger partial charge in [-0.05, 0) is 35.0 Å². The number of hydrogen-bond donors (Lipinski definition) is 2. The van der Waals surface area contributed by atoms with Crippen molar-refractivity contribution in [1.29, 1.82) is 0 Å². The fourth-order valence-electron chi connectivity index (χ4n) is 2.12. The fourth-order valence-corrected chi connectivity index (χ4v) is 2.45. The molecule has 18 heavy (non-hydrogen) atoms. The van der Waals surface area contributed by atoms with Gasteiger partial charge in [-0.25, -0.2) is 9.78 Å². The van der Waals surface area contributed by atoms with E-state index in [4.69, 9.17) is 4.74 Å². The number of pyridine rings is 1. The van der Waals surface area contributed by atoms with Gasteiger partial charge in [-0.3, -0.25) is 10.1 Å². The van der Waals surface area contributed by atoms with Crippen LogP contribution < -0.4 is 15.4 Å². The third kappa shape index (κ3) is 1.43. The molecule has 3 amide bonds. The number of urea groups is 1. The predicted molar refractivity (Wildman–Crippen MR) is 64.7 cm³/mol. The van der Waals surface area contributed by atoms with Crippen molar-refractivity contribution in [3.05, 3.63) is 34.1 Å². The van der Waals surface area contributed by atoms with E-state index in [-0.39, 0.29) is 0 Å². The molecule has 0 bridgehead atoms. The molecule has 7 heteroatoms. The van der Waals surface area contributed by atoms with Gasteiger partial charge in [0, 0.05) is 10.7 Å². The standard InChI is InChI=1S/C11H8BrN3O3/c1-5-3-11(9(16)14-10(17)15-11)7-2-6(12)4-13-8(7)18-5/h2-4H,1H3,(H2,14,15,16,17). The summed E-state index contributed by atoms with van der Waals surface area (Å²) in [6.07, 6.45) is 3.14. The zero-order valence-electron chi connectivity index (χ0n) is 9.28. The van der Waals surface area contributed by atoms with Crippen LogP contribution in [0.2, 0.25) is 0 Å². The average Bonchev–Trinajstić information content (AvgIpc) is 2.55. The van der Waals surface area contributed by atoms with Gasteiger partial charge in [0.05, 0.1) is 5.56 Å². The minimum atomic E-state index is -1.23. The number of amides is 3. The number of fused-ring (bicyclic) bond motifs is 2. The predicted octanol–water partition coefficient (Wildman–Crippen LogP) is 1.18. The van der Waals surface area contributed by atoms with Crippen molar-refractivity contribution < 1.29 is 14.3 Å². The van der Waals surface area contributed by atoms with Crippen molar-refractivity contribution in [2.75, 3.05) is 0 Å². The third-order valence-electron chi connectivity index (χ3n) is 2.82. The number of hydrogen-bond acceptors (Lipinski definition) is 4. The second kappa shape index (κ2) is 3.55. The lowest BCUT2D eigenvalue weighted by Crippen LogP contribution is -2.44. The van der Waals surface area contributed by atoms with Crippen molar-refractivity contribution in [1.82, 2.24) is 15.6 Å². The van der Waals surface area contributed by atoms with Gasteiger partial charge in [0.15, 0.2) is 5.54 Å². The van der Waals surface area contributed by atoms with E-state index in [9.17, 15) is 9.59 Å². The van der Waals surface area contributed by atoms with Gasteiger partial charge >= 0.3 is 6.03 Å². The van der Waals surface area contributed by atoms with Crippen LogP contribution in [-0.4, -0.2) is 16.9 Å². The molecule has 6 nitrogen and oxygen atoms in total. The van der Waals surface area contributed by atoms with E-state index in [2.05, 4.69) is 31.5 Å². The molecule has 3 heterocycles. The van der Waals surface area contributed by atoms with Crippen LogP contribution in [0.5, 0.6) is 5.88 Å². The topological polar surface area (TPSA) is 80.3 Å². The van der Waals surface area contributed by atoms with Crippen LogP contribution in [0, 0.1) is 0 Å². The summed E-state index contributed by atoms with van der Waals surface area (Å²) in [5.74, 6) is 0.390. The van der Waals surface area contributed by atoms with Crippen LogP contribution >= 0.6 is 15.9 Å². The Morgan fingerprint density at radius 2 is 2.22 bits per heavy atom. The van der Waals surface area contributed by atoms with E-state index in [1.807, 2.05) is 0 Å². The van der Waals surface area contributed by atoms with E-state index < -0.39 is 17.5 Å². The Hall–Kier alpha value is -1.89. The second-order valence-corrected chi connectivity index (χ2v) is 5.00. The summed E-state index contributed by atoms with van der Waals surface area (Å²) in [6.45, 7) is 1.70. The number of halogens is 1. The molecule has 1 aromatic rings. The number of aromatic nitrogens is 1. The first-order valence-electron chi connectivity index (χ1n) is 5.18. The van der Waals surface area contributed by atoms with Crippen molar-refractivity contribution in [2.45, 2.75) is 12.5 Å². The molecule has 1 atom stereocenters. The molecule has 0 aromatic carbocycles. The van der Waals surface area contributed by atoms with Gasteiger partial charge < -0.3 is 10.1 Å². The summed E-state index contributed by atoms with van der Waals surface area (Å²) in [6, 6.07) is 1.17. The van der Waals surface area contributed by atoms with E-state index in [1.165, 1.54) is 0 Å². The number of ether oxygens (including phenoxy) is 1. The molecule has 1 aromatic heterocycles. The maximum atomic E-state index is 12.0. The molecular formula is C11H8BrN3O3. The van der Waals surface area contributed by atoms with Crippen LogP contribution in [0.15, 0.2) is 28.6 Å². The summed E-state index contributed by atoms with van der Waals surface area (Å²) < 4.78 is 6.16. The molecule has 92 valence electrons. The van der Waals surface area contributed by atoms with E-state index >= 15 is 0 Å². The van der Waals surface area contributed by atoms with E-state index in [0.29, 0.717) is 21.7 Å². The average molecular weight is 310 g/mol. The van der Waals surface area contributed by atoms with Crippen LogP contribution in [0.25, 0.3) is 0 Å². The number of allylic oxidation sites excluding steroid dienone is 1. The lowest BCUT2D eigenvalue weighted by Gasteiger charge is -2.29. The zero-order valence-corrected chi connectivity index (χ0v) is 10.9. The van der Waals surface area contributed by atoms with Crippen molar-refractivity contribution in [3.63, 3.8) is 0 Å². The number of imide groups is 1. The first-order valence-corrected chi connectivity index (χ1v) is 5.97. The SMILES string of the molecule is CC1=CC2(NC(=O)NC2=O)c2cc(Br)cnc2O1. The molecule has 1 fully saturated rings. The number of nitrogens with zero attached hydrogens (tertiary/aromatic N) is 1. The van der Waals surface area contributed by atoms with Gasteiger partial charge in [0.25, 0.3) is 5.91 Å². The van der Waals surface area contributed by atoms with Gasteiger partial charge in [-0.15, -0.1) is 0 Å². The molecule has 2 N–H and O–H groups in total. The largest absolute Gasteiger partial charge is 0.444 e. The minimum Gasteiger partial charge on any atom is -0.444 e. The highest BCUT2D eigenvalue weighted by Crippen LogP contribution is 2.38. The number of carbonyl (C=O) groups is 2. The molecule has 2 aliphatic rings. The molecule has 0 saturated carbocycles. The van der Waals surface area contributed by atoms with Crippen molar-refractivity contribution in [3.8, 4) is 5.88 Å². The maximum absolute atomic E-state index is 12.0. The lowest BCUT2D eigenvalue weighted by molar-refractivity contribution is -0.122. The fraction of sp³-hybridized carbons (Fsp3) is 0.182. The van der Waals surface area contributed by atoms with Crippen LogP contribution in [0.3, 0.4) is 0 Å². The van der Waals surface area contributed by atoms with E-state index in [1.54, 1.807) is 25.3 Å². The molecule has 1 saturated heterocycles. The quantitative estimate of drug-likeness (QED) is 0.705. The highest BCUT2D eigenvalue weighted by Gasteiger charge is 2.50. The summed E-state index contributed by atoms with van der Waals surface area (Å²) in [5.41, 5.74) is -0.725. The Labute approximate surface area is 111 Å². The number of rotatable bonds is 0. The second-order valence-electron chi connectivity index (χ2n) is 4.08. The molecule has 1 unspecified atom stereocenters. The Morgan fingerprint density at radius 1 is 1.44 bits per heavy atom. The normalized spacial score (nSPS) is 25.1. The molecular weight excluding hydrogens is 302 g/mol. The molecule has 3 rings (SSSR count). The highest BCUT2D eigenvalue weighted by molar-refractivity contribution is 9.10. The van der Waals surface area contributed by atoms with Gasteiger partial charge in [-0.2, -0.15) is 0 Å². The smallest absolute Gasteiger partial charge is 0.322 e. The summed E-state index contributed by atoms with van der Waals surface area (Å²) >= 11 is 3.29. The van der Waals surface area contributed by atoms with Gasteiger partial charge in [0.1, 0.15) is 5.76 Å². The number of nitrogens with one attached hydrogen (secondary N) is 2. The summed E-state index contributed by atoms with van der Waals surface area (Å²) in [7, 11) is 0. The van der Waals surface area contributed by atoms with Crippen molar-refractivity contribution in [2.24, 2.45) is 0 Å². The Bertz CT molecular complexity index is 614. The Morgan fingerprint density at radius 3 is 2.89 bits per heavy atom. The zero-order chi connectivity index (χ0) is 12.9. The van der Waals surface area contributed by atoms with Gasteiger partial charge in [-0.1, -0.05) is 0 Å². The summed E-state index contributed by atoms with van der Waals surface area (Å²) in [5, 5.41) is 4.84. The van der Waals surface area contributed by atoms with Gasteiger partial charge in [0.2, 0.25) is 5.88 Å². The number of carbonyl (C=O) groups excluding carboxylic acids is 2. The highest BCUT2D eigenvalue weighted by atomic mass is 79.9. The lowest BCUT2D eigenvalue weighted by atomic mass is 9.88. The van der Waals surface area contributed by atoms with Crippen LogP contribution in [0.1, 0.15) is 12.5 Å².